The number of aliphatic hydroxyl groups is 1. The fourth-order valence-electron chi connectivity index (χ4n) is 2.42. The van der Waals surface area contributed by atoms with Crippen LogP contribution < -0.4 is 4.90 Å². The van der Waals surface area contributed by atoms with Gasteiger partial charge in [0.2, 0.25) is 0 Å². The summed E-state index contributed by atoms with van der Waals surface area (Å²) in [5, 5.41) is 11.3. The molecule has 1 aromatic heterocycles. The average molecular weight is 282 g/mol. The van der Waals surface area contributed by atoms with E-state index in [-0.39, 0.29) is 12.4 Å². The Balaban J connectivity index is 2.14. The van der Waals surface area contributed by atoms with Gasteiger partial charge in [-0.2, -0.15) is 0 Å². The van der Waals surface area contributed by atoms with Gasteiger partial charge in [-0.05, 0) is 29.7 Å². The molecule has 2 aromatic carbocycles. The maximum Gasteiger partial charge on any atom is 0.140 e. The van der Waals surface area contributed by atoms with E-state index in [4.69, 9.17) is 0 Å². The number of hydrogen-bond donors (Lipinski definition) is 1. The third kappa shape index (κ3) is 2.45. The molecule has 3 aromatic rings. The molecule has 1 heterocycles. The third-order valence-electron chi connectivity index (χ3n) is 3.56. The minimum absolute atomic E-state index is 0.0476. The van der Waals surface area contributed by atoms with E-state index in [0.717, 1.165) is 27.8 Å². The van der Waals surface area contributed by atoms with Crippen LogP contribution in [0.5, 0.6) is 0 Å². The summed E-state index contributed by atoms with van der Waals surface area (Å²) < 4.78 is 13.0. The van der Waals surface area contributed by atoms with Gasteiger partial charge < -0.3 is 10.0 Å². The van der Waals surface area contributed by atoms with Gasteiger partial charge in [0.15, 0.2) is 0 Å². The van der Waals surface area contributed by atoms with Crippen molar-refractivity contribution >= 4 is 22.3 Å². The monoisotopic (exact) mass is 282 g/mol. The van der Waals surface area contributed by atoms with Crippen molar-refractivity contribution in [2.24, 2.45) is 0 Å². The van der Waals surface area contributed by atoms with Gasteiger partial charge in [0.05, 0.1) is 6.61 Å². The lowest BCUT2D eigenvalue weighted by atomic mass is 10.1. The van der Waals surface area contributed by atoms with Crippen molar-refractivity contribution in [3.05, 3.63) is 66.1 Å². The van der Waals surface area contributed by atoms with Gasteiger partial charge in [0.25, 0.3) is 0 Å². The van der Waals surface area contributed by atoms with Crippen LogP contribution in [-0.4, -0.2) is 17.1 Å². The largest absolute Gasteiger partial charge is 0.392 e. The first-order valence-corrected chi connectivity index (χ1v) is 6.67. The number of benzene rings is 2. The highest BCUT2D eigenvalue weighted by Gasteiger charge is 2.12. The first kappa shape index (κ1) is 13.5. The molecular weight excluding hydrogens is 267 g/mol. The Kier molecular flexibility index (Phi) is 3.54. The van der Waals surface area contributed by atoms with E-state index in [9.17, 15) is 9.50 Å². The second-order valence-corrected chi connectivity index (χ2v) is 4.85. The van der Waals surface area contributed by atoms with Crippen LogP contribution in [0.3, 0.4) is 0 Å². The highest BCUT2D eigenvalue weighted by atomic mass is 19.1. The van der Waals surface area contributed by atoms with E-state index in [1.807, 2.05) is 36.2 Å². The molecule has 0 saturated carbocycles. The summed E-state index contributed by atoms with van der Waals surface area (Å²) in [5.41, 5.74) is 1.65. The Morgan fingerprint density at radius 3 is 2.38 bits per heavy atom. The van der Waals surface area contributed by atoms with Crippen molar-refractivity contribution < 1.29 is 9.50 Å². The van der Waals surface area contributed by atoms with Crippen LogP contribution in [0.2, 0.25) is 0 Å². The number of hydrogen-bond acceptors (Lipinski definition) is 3. The van der Waals surface area contributed by atoms with Crippen LogP contribution in [0.15, 0.2) is 54.7 Å². The van der Waals surface area contributed by atoms with E-state index in [0.29, 0.717) is 0 Å². The summed E-state index contributed by atoms with van der Waals surface area (Å²) in [7, 11) is 1.89. The molecule has 3 nitrogen and oxygen atoms in total. The van der Waals surface area contributed by atoms with Crippen LogP contribution in [0, 0.1) is 5.82 Å². The molecular formula is C17H15FN2O. The molecule has 3 rings (SSSR count). The SMILES string of the molecule is CN(c1ccc(F)cc1)c1ncc(CO)c2ccccc12. The van der Waals surface area contributed by atoms with Crippen LogP contribution >= 0.6 is 0 Å². The summed E-state index contributed by atoms with van der Waals surface area (Å²) in [5.74, 6) is 0.509. The highest BCUT2D eigenvalue weighted by Crippen LogP contribution is 2.30. The maximum atomic E-state index is 13.0. The number of fused-ring (bicyclic) bond motifs is 1. The van der Waals surface area contributed by atoms with Crippen LogP contribution in [-0.2, 0) is 6.61 Å². The van der Waals surface area contributed by atoms with E-state index >= 15 is 0 Å². The quantitative estimate of drug-likeness (QED) is 0.797. The van der Waals surface area contributed by atoms with Crippen molar-refractivity contribution in [3.63, 3.8) is 0 Å². The molecule has 0 unspecified atom stereocenters. The summed E-state index contributed by atoms with van der Waals surface area (Å²) in [6.45, 7) is -0.0476. The van der Waals surface area contributed by atoms with E-state index in [1.165, 1.54) is 12.1 Å². The molecule has 0 spiro atoms. The van der Waals surface area contributed by atoms with Crippen LogP contribution in [0.25, 0.3) is 10.8 Å². The molecule has 0 atom stereocenters. The Morgan fingerprint density at radius 2 is 1.71 bits per heavy atom. The lowest BCUT2D eigenvalue weighted by molar-refractivity contribution is 0.283. The maximum absolute atomic E-state index is 13.0. The zero-order valence-electron chi connectivity index (χ0n) is 11.6. The highest BCUT2D eigenvalue weighted by molar-refractivity contribution is 5.95. The number of anilines is 2. The standard InChI is InChI=1S/C17H15FN2O/c1-20(14-8-6-13(18)7-9-14)17-16-5-3-2-4-15(16)12(11-21)10-19-17/h2-10,21H,11H2,1H3. The molecule has 0 aliphatic rings. The molecule has 106 valence electrons. The van der Waals surface area contributed by atoms with Gasteiger partial charge >= 0.3 is 0 Å². The Morgan fingerprint density at radius 1 is 1.05 bits per heavy atom. The van der Waals surface area contributed by atoms with Gasteiger partial charge in [-0.3, -0.25) is 0 Å². The minimum Gasteiger partial charge on any atom is -0.392 e. The molecule has 4 heteroatoms. The zero-order valence-corrected chi connectivity index (χ0v) is 11.6. The first-order chi connectivity index (χ1) is 10.2. The van der Waals surface area contributed by atoms with E-state index < -0.39 is 0 Å². The summed E-state index contributed by atoms with van der Waals surface area (Å²) >= 11 is 0. The molecule has 0 amide bonds. The van der Waals surface area contributed by atoms with Crippen LogP contribution in [0.4, 0.5) is 15.9 Å². The summed E-state index contributed by atoms with van der Waals surface area (Å²) in [6.07, 6.45) is 1.68. The third-order valence-corrected chi connectivity index (χ3v) is 3.56. The van der Waals surface area contributed by atoms with Gasteiger partial charge in [-0.25, -0.2) is 9.37 Å². The van der Waals surface area contributed by atoms with E-state index in [2.05, 4.69) is 4.98 Å². The topological polar surface area (TPSA) is 36.4 Å². The van der Waals surface area contributed by atoms with Gasteiger partial charge in [0, 0.05) is 29.9 Å². The number of nitrogens with zero attached hydrogens (tertiary/aromatic N) is 2. The number of aromatic nitrogens is 1. The molecule has 0 bridgehead atoms. The fraction of sp³-hybridized carbons (Fsp3) is 0.118. The predicted octanol–water partition coefficient (Wildman–Crippen LogP) is 3.63. The van der Waals surface area contributed by atoms with Gasteiger partial charge in [-0.1, -0.05) is 24.3 Å². The molecule has 0 aliphatic heterocycles. The smallest absolute Gasteiger partial charge is 0.140 e. The Bertz CT molecular complexity index is 771. The predicted molar refractivity (Wildman–Crippen MR) is 82.1 cm³/mol. The molecule has 1 N–H and O–H groups in total. The lowest BCUT2D eigenvalue weighted by Crippen LogP contribution is -2.12. The van der Waals surface area contributed by atoms with Crippen molar-refractivity contribution in [2.45, 2.75) is 6.61 Å². The second kappa shape index (κ2) is 5.50. The minimum atomic E-state index is -0.263. The summed E-state index contributed by atoms with van der Waals surface area (Å²) in [4.78, 5) is 6.35. The average Bonchev–Trinajstić information content (AvgIpc) is 2.54. The number of aliphatic hydroxyl groups excluding tert-OH is 1. The normalized spacial score (nSPS) is 10.8. The first-order valence-electron chi connectivity index (χ1n) is 6.67. The van der Waals surface area contributed by atoms with Crippen molar-refractivity contribution in [1.82, 2.24) is 4.98 Å². The molecule has 0 aliphatic carbocycles. The van der Waals surface area contributed by atoms with Crippen molar-refractivity contribution in [1.29, 1.82) is 0 Å². The van der Waals surface area contributed by atoms with Crippen molar-refractivity contribution in [2.75, 3.05) is 11.9 Å². The van der Waals surface area contributed by atoms with Gasteiger partial charge in [-0.15, -0.1) is 0 Å². The Labute approximate surface area is 122 Å². The van der Waals surface area contributed by atoms with E-state index in [1.54, 1.807) is 18.3 Å². The van der Waals surface area contributed by atoms with Crippen LogP contribution in [0.1, 0.15) is 5.56 Å². The zero-order chi connectivity index (χ0) is 14.8. The summed E-state index contributed by atoms with van der Waals surface area (Å²) in [6, 6.07) is 14.1. The Hall–Kier alpha value is -2.46. The van der Waals surface area contributed by atoms with Gasteiger partial charge in [0.1, 0.15) is 11.6 Å². The molecule has 0 radical (unpaired) electrons. The molecule has 0 fully saturated rings. The van der Waals surface area contributed by atoms with Crippen molar-refractivity contribution in [3.8, 4) is 0 Å². The number of halogens is 1. The fourth-order valence-corrected chi connectivity index (χ4v) is 2.42. The molecule has 21 heavy (non-hydrogen) atoms. The second-order valence-electron chi connectivity index (χ2n) is 4.85. The lowest BCUT2D eigenvalue weighted by Gasteiger charge is -2.21. The number of rotatable bonds is 3. The molecule has 0 saturated heterocycles. The number of pyridine rings is 1.